The number of unbranched alkanes of at least 4 members (excludes halogenated alkanes) is 26. The number of rotatable bonds is 58. The molecule has 5 nitrogen and oxygen atoms in total. The Labute approximate surface area is 482 Å². The third-order valence-electron chi connectivity index (χ3n) is 13.6. The molecule has 0 aromatic rings. The zero-order valence-electron chi connectivity index (χ0n) is 50.6. The molecule has 5 heteroatoms. The Hall–Kier alpha value is -4.22. The molecule has 0 saturated carbocycles. The molecule has 0 saturated heterocycles. The first-order chi connectivity index (χ1) is 38.6. The Bertz CT molecular complexity index is 1650. The maximum Gasteiger partial charge on any atom is 0.306 e. The van der Waals surface area contributed by atoms with E-state index in [2.05, 4.69) is 160 Å². The topological polar surface area (TPSA) is 72.8 Å². The maximum atomic E-state index is 12.4. The van der Waals surface area contributed by atoms with Crippen molar-refractivity contribution in [1.82, 2.24) is 0 Å². The van der Waals surface area contributed by atoms with Crippen LogP contribution in [0.5, 0.6) is 0 Å². The fourth-order valence-corrected chi connectivity index (χ4v) is 8.86. The van der Waals surface area contributed by atoms with E-state index in [1.165, 1.54) is 135 Å². The van der Waals surface area contributed by atoms with E-state index < -0.39 is 6.10 Å². The standard InChI is InChI=1S/C73H120O5/c1-3-5-7-9-11-13-15-17-19-21-23-25-27-29-30-31-32-33-34-35-36-37-38-39-40-41-42-44-46-48-50-52-54-56-58-60-62-64-66-68-73(76)78-71(69-74)70-77-72(75)67-65-63-61-59-57-55-53-51-49-47-45-43-28-26-24-22-20-18-16-14-12-10-8-6-4-2/h5-8,11-14,17-20,23-26,29-30,32-33,43,45,49,51,71,74H,3-4,9-10,15-16,21-22,27-28,31,34-42,44,46-48,50,52-70H2,1-2H3/b7-5-,8-6-,13-11-,14-12-,19-17-,20-18-,25-23-,26-24-,30-29-,33-32-,45-43-,51-49-. The Balaban J connectivity index is 3.50. The first kappa shape index (κ1) is 73.8. The van der Waals surface area contributed by atoms with E-state index in [4.69, 9.17) is 9.47 Å². The predicted molar refractivity (Wildman–Crippen MR) is 343 cm³/mol. The van der Waals surface area contributed by atoms with Crippen molar-refractivity contribution in [1.29, 1.82) is 0 Å². The van der Waals surface area contributed by atoms with Crippen LogP contribution in [-0.4, -0.2) is 36.4 Å². The average Bonchev–Trinajstić information content (AvgIpc) is 3.44. The first-order valence-electron chi connectivity index (χ1n) is 32.4. The van der Waals surface area contributed by atoms with Gasteiger partial charge in [0.15, 0.2) is 6.10 Å². The summed E-state index contributed by atoms with van der Waals surface area (Å²) in [5.41, 5.74) is 0. The summed E-state index contributed by atoms with van der Waals surface area (Å²) in [5, 5.41) is 9.68. The van der Waals surface area contributed by atoms with Gasteiger partial charge in [-0.1, -0.05) is 301 Å². The smallest absolute Gasteiger partial charge is 0.306 e. The number of carbonyl (C=O) groups is 2. The average molecular weight is 1080 g/mol. The molecule has 0 spiro atoms. The van der Waals surface area contributed by atoms with E-state index in [1.807, 2.05) is 0 Å². The predicted octanol–water partition coefficient (Wildman–Crippen LogP) is 22.5. The third-order valence-corrected chi connectivity index (χ3v) is 13.6. The summed E-state index contributed by atoms with van der Waals surface area (Å²) in [7, 11) is 0. The summed E-state index contributed by atoms with van der Waals surface area (Å²) in [4.78, 5) is 24.6. The summed E-state index contributed by atoms with van der Waals surface area (Å²) >= 11 is 0. The number of esters is 2. The van der Waals surface area contributed by atoms with E-state index in [-0.39, 0.29) is 25.2 Å². The lowest BCUT2D eigenvalue weighted by Gasteiger charge is -2.15. The largest absolute Gasteiger partial charge is 0.462 e. The zero-order chi connectivity index (χ0) is 56.2. The molecule has 0 amide bonds. The van der Waals surface area contributed by atoms with Gasteiger partial charge in [-0.25, -0.2) is 0 Å². The summed E-state index contributed by atoms with van der Waals surface area (Å²) in [5.74, 6) is -0.607. The van der Waals surface area contributed by atoms with Crippen LogP contribution >= 0.6 is 0 Å². The molecule has 0 aliphatic carbocycles. The third kappa shape index (κ3) is 64.3. The minimum absolute atomic E-state index is 0.0792. The lowest BCUT2D eigenvalue weighted by molar-refractivity contribution is -0.161. The molecular weight excluding hydrogens is 957 g/mol. The second-order valence-corrected chi connectivity index (χ2v) is 21.1. The monoisotopic (exact) mass is 1080 g/mol. The number of hydrogen-bond acceptors (Lipinski definition) is 5. The van der Waals surface area contributed by atoms with Gasteiger partial charge in [0.1, 0.15) is 6.61 Å². The Morgan fingerprint density at radius 1 is 0.295 bits per heavy atom. The minimum atomic E-state index is -0.788. The highest BCUT2D eigenvalue weighted by atomic mass is 16.6. The van der Waals surface area contributed by atoms with Crippen LogP contribution in [-0.2, 0) is 19.1 Å². The normalized spacial score (nSPS) is 13.2. The molecule has 1 atom stereocenters. The Morgan fingerprint density at radius 3 is 0.769 bits per heavy atom. The van der Waals surface area contributed by atoms with Gasteiger partial charge in [-0.3, -0.25) is 9.59 Å². The molecule has 0 aromatic carbocycles. The number of hydrogen-bond donors (Lipinski definition) is 1. The van der Waals surface area contributed by atoms with Crippen LogP contribution in [0.3, 0.4) is 0 Å². The maximum absolute atomic E-state index is 12.4. The molecule has 0 aromatic heterocycles. The lowest BCUT2D eigenvalue weighted by atomic mass is 10.0. The summed E-state index contributed by atoms with van der Waals surface area (Å²) < 4.78 is 10.7. The van der Waals surface area contributed by atoms with Gasteiger partial charge in [-0.15, -0.1) is 0 Å². The Morgan fingerprint density at radius 2 is 0.513 bits per heavy atom. The number of ether oxygens (including phenoxy) is 2. The van der Waals surface area contributed by atoms with Crippen LogP contribution in [0, 0.1) is 0 Å². The molecule has 1 unspecified atom stereocenters. The fourth-order valence-electron chi connectivity index (χ4n) is 8.86. The molecule has 0 heterocycles. The SMILES string of the molecule is CC/C=C\C/C=C\C/C=C\C/C=C\C/C=C\C/C=C\CCCCCCCCCCCCCCCCCCCCCCC(=O)OC(CO)COC(=O)CCCCCCCC/C=C\C/C=C\C/C=C\C/C=C\C/C=C\C/C=C\CC. The summed E-state index contributed by atoms with van der Waals surface area (Å²) in [6, 6.07) is 0. The van der Waals surface area contributed by atoms with Crippen LogP contribution in [0.25, 0.3) is 0 Å². The van der Waals surface area contributed by atoms with Gasteiger partial charge in [-0.05, 0) is 116 Å². The zero-order valence-corrected chi connectivity index (χ0v) is 50.6. The summed E-state index contributed by atoms with van der Waals surface area (Å²) in [6.07, 6.45) is 101. The Kier molecular flexibility index (Phi) is 63.4. The highest BCUT2D eigenvalue weighted by Crippen LogP contribution is 2.16. The minimum Gasteiger partial charge on any atom is -0.462 e. The molecule has 0 rings (SSSR count). The van der Waals surface area contributed by atoms with Gasteiger partial charge in [0.2, 0.25) is 0 Å². The van der Waals surface area contributed by atoms with Crippen LogP contribution < -0.4 is 0 Å². The number of aliphatic hydroxyl groups is 1. The van der Waals surface area contributed by atoms with E-state index >= 15 is 0 Å². The lowest BCUT2D eigenvalue weighted by Crippen LogP contribution is -2.28. The van der Waals surface area contributed by atoms with Gasteiger partial charge >= 0.3 is 11.9 Å². The first-order valence-corrected chi connectivity index (χ1v) is 32.4. The quantitative estimate of drug-likeness (QED) is 0.0373. The molecule has 0 aliphatic heterocycles. The number of aliphatic hydroxyl groups excluding tert-OH is 1. The molecule has 78 heavy (non-hydrogen) atoms. The molecule has 1 N–H and O–H groups in total. The van der Waals surface area contributed by atoms with Crippen LogP contribution in [0.4, 0.5) is 0 Å². The van der Waals surface area contributed by atoms with Crippen molar-refractivity contribution in [2.45, 2.75) is 290 Å². The van der Waals surface area contributed by atoms with Gasteiger partial charge in [-0.2, -0.15) is 0 Å². The van der Waals surface area contributed by atoms with Gasteiger partial charge < -0.3 is 14.6 Å². The van der Waals surface area contributed by atoms with Gasteiger partial charge in [0.05, 0.1) is 6.61 Å². The highest BCUT2D eigenvalue weighted by Gasteiger charge is 2.16. The second-order valence-electron chi connectivity index (χ2n) is 21.1. The molecule has 0 bridgehead atoms. The summed E-state index contributed by atoms with van der Waals surface area (Å²) in [6.45, 7) is 3.91. The molecule has 0 aliphatic rings. The molecule has 0 fully saturated rings. The van der Waals surface area contributed by atoms with Crippen molar-refractivity contribution in [3.8, 4) is 0 Å². The van der Waals surface area contributed by atoms with Crippen molar-refractivity contribution in [2.24, 2.45) is 0 Å². The molecular formula is C73H120O5. The van der Waals surface area contributed by atoms with Gasteiger partial charge in [0, 0.05) is 12.8 Å². The highest BCUT2D eigenvalue weighted by molar-refractivity contribution is 5.70. The number of allylic oxidation sites excluding steroid dienone is 24. The van der Waals surface area contributed by atoms with E-state index in [1.54, 1.807) is 0 Å². The van der Waals surface area contributed by atoms with Crippen molar-refractivity contribution < 1.29 is 24.2 Å². The van der Waals surface area contributed by atoms with Crippen LogP contribution in [0.1, 0.15) is 284 Å². The van der Waals surface area contributed by atoms with Crippen LogP contribution in [0.15, 0.2) is 146 Å². The second kappa shape index (κ2) is 67.1. The van der Waals surface area contributed by atoms with E-state index in [0.717, 1.165) is 122 Å². The molecule has 0 radical (unpaired) electrons. The van der Waals surface area contributed by atoms with E-state index in [0.29, 0.717) is 12.8 Å². The van der Waals surface area contributed by atoms with Crippen molar-refractivity contribution in [3.63, 3.8) is 0 Å². The molecule has 442 valence electrons. The van der Waals surface area contributed by atoms with Crippen LogP contribution in [0.2, 0.25) is 0 Å². The van der Waals surface area contributed by atoms with E-state index in [9.17, 15) is 14.7 Å². The number of carbonyl (C=O) groups excluding carboxylic acids is 2. The van der Waals surface area contributed by atoms with Crippen molar-refractivity contribution >= 4 is 11.9 Å². The van der Waals surface area contributed by atoms with Crippen molar-refractivity contribution in [3.05, 3.63) is 146 Å². The van der Waals surface area contributed by atoms with Gasteiger partial charge in [0.25, 0.3) is 0 Å². The van der Waals surface area contributed by atoms with Crippen molar-refractivity contribution in [2.75, 3.05) is 13.2 Å². The fraction of sp³-hybridized carbons (Fsp3) is 0.644.